The molecule has 0 aromatic heterocycles. The van der Waals surface area contributed by atoms with Crippen molar-refractivity contribution in [2.75, 3.05) is 21.2 Å². The van der Waals surface area contributed by atoms with Crippen molar-refractivity contribution in [3.05, 3.63) is 0 Å². The van der Waals surface area contributed by atoms with Crippen molar-refractivity contribution >= 4 is 11.9 Å². The van der Waals surface area contributed by atoms with Crippen molar-refractivity contribution in [2.24, 2.45) is 28.2 Å². The number of aliphatic imine (C=N–C) groups is 1. The number of esters is 1. The van der Waals surface area contributed by atoms with Gasteiger partial charge in [-0.05, 0) is 80.8 Å². The van der Waals surface area contributed by atoms with Gasteiger partial charge in [-0.25, -0.2) is 4.99 Å². The Kier molecular flexibility index (Phi) is 12.8. The molecule has 0 amide bonds. The highest BCUT2D eigenvalue weighted by atomic mass is 16.7. The number of methoxy groups -OCH3 is 1. The summed E-state index contributed by atoms with van der Waals surface area (Å²) in [4.78, 5) is 20.9. The van der Waals surface area contributed by atoms with Gasteiger partial charge in [0.05, 0.1) is 42.0 Å². The van der Waals surface area contributed by atoms with E-state index in [0.29, 0.717) is 18.7 Å². The Labute approximate surface area is 299 Å². The Morgan fingerprint density at radius 2 is 1.56 bits per heavy atom. The van der Waals surface area contributed by atoms with Gasteiger partial charge in [-0.15, -0.1) is 0 Å². The van der Waals surface area contributed by atoms with E-state index in [-0.39, 0.29) is 30.5 Å². The zero-order valence-corrected chi connectivity index (χ0v) is 32.8. The van der Waals surface area contributed by atoms with Gasteiger partial charge in [0.25, 0.3) is 0 Å². The molecule has 290 valence electrons. The van der Waals surface area contributed by atoms with E-state index in [1.54, 1.807) is 34.8 Å². The fourth-order valence-corrected chi connectivity index (χ4v) is 8.60. The van der Waals surface area contributed by atoms with Crippen LogP contribution in [0.25, 0.3) is 0 Å². The van der Waals surface area contributed by atoms with E-state index in [2.05, 4.69) is 13.8 Å². The Morgan fingerprint density at radius 3 is 2.16 bits per heavy atom. The van der Waals surface area contributed by atoms with E-state index < -0.39 is 89.7 Å². The molecule has 0 aromatic carbocycles. The summed E-state index contributed by atoms with van der Waals surface area (Å²) in [5, 5.41) is 34.2. The number of aliphatic hydroxyl groups excluding tert-OH is 2. The smallest absolute Gasteiger partial charge is 0.311 e. The number of carbonyl (C=O) groups is 1. The first-order valence-corrected chi connectivity index (χ1v) is 18.4. The van der Waals surface area contributed by atoms with Crippen molar-refractivity contribution < 1.29 is 53.3 Å². The molecule has 3 fully saturated rings. The maximum absolute atomic E-state index is 14.1. The molecule has 0 aromatic rings. The molecule has 0 radical (unpaired) electrons. The number of ether oxygens (including phenoxy) is 7. The van der Waals surface area contributed by atoms with Crippen LogP contribution in [0, 0.1) is 23.2 Å². The molecule has 50 heavy (non-hydrogen) atoms. The van der Waals surface area contributed by atoms with Gasteiger partial charge in [-0.1, -0.05) is 27.7 Å². The minimum absolute atomic E-state index is 0.166. The first-order valence-electron chi connectivity index (χ1n) is 18.4. The first kappa shape index (κ1) is 41.3. The van der Waals surface area contributed by atoms with E-state index in [4.69, 9.17) is 38.2 Å². The van der Waals surface area contributed by atoms with Gasteiger partial charge in [-0.3, -0.25) is 4.79 Å². The molecular formula is C37H66N2O11. The summed E-state index contributed by atoms with van der Waals surface area (Å²) in [5.74, 6) is -1.57. The van der Waals surface area contributed by atoms with Gasteiger partial charge in [0.2, 0.25) is 0 Å². The SMILES string of the molecule is COC1(C)CC(O[C@H]2[C@H](C)[C@@H](OC3OC(C)CC(N(C)C)C3O)C(C)(C)C[C@@H](C)C3=N[C@H](C)[C@@H](O3)[C@](C)(O)[C@@H](C)OC(=O)[C@@H]2C)OC(C)C1O. The Hall–Kier alpha value is -1.42. The molecule has 3 saturated heterocycles. The average Bonchev–Trinajstić information content (AvgIpc) is 3.43. The molecule has 4 aliphatic rings. The summed E-state index contributed by atoms with van der Waals surface area (Å²) in [6, 6.07) is -0.563. The lowest BCUT2D eigenvalue weighted by atomic mass is 9.71. The average molecular weight is 715 g/mol. The first-order chi connectivity index (χ1) is 23.0. The van der Waals surface area contributed by atoms with Gasteiger partial charge in [-0.2, -0.15) is 0 Å². The topological polar surface area (TPSA) is 158 Å². The maximum atomic E-state index is 14.1. The third-order valence-corrected chi connectivity index (χ3v) is 11.9. The second kappa shape index (κ2) is 15.5. The summed E-state index contributed by atoms with van der Waals surface area (Å²) < 4.78 is 44.3. The van der Waals surface area contributed by atoms with Crippen LogP contribution in [0.5, 0.6) is 0 Å². The zero-order valence-electron chi connectivity index (χ0n) is 32.8. The van der Waals surface area contributed by atoms with Crippen molar-refractivity contribution in [3.8, 4) is 0 Å². The van der Waals surface area contributed by atoms with Crippen LogP contribution in [-0.2, 0) is 38.0 Å². The summed E-state index contributed by atoms with van der Waals surface area (Å²) >= 11 is 0. The number of hydrogen-bond acceptors (Lipinski definition) is 13. The molecule has 8 unspecified atom stereocenters. The normalized spacial score (nSPS) is 49.1. The number of carbonyl (C=O) groups excluding carboxylic acids is 1. The monoisotopic (exact) mass is 714 g/mol. The molecule has 3 N–H and O–H groups in total. The van der Waals surface area contributed by atoms with Crippen LogP contribution in [0.4, 0.5) is 0 Å². The van der Waals surface area contributed by atoms with Crippen LogP contribution in [0.15, 0.2) is 4.99 Å². The lowest BCUT2D eigenvalue weighted by molar-refractivity contribution is -0.313. The fourth-order valence-electron chi connectivity index (χ4n) is 8.60. The van der Waals surface area contributed by atoms with Crippen molar-refractivity contribution in [3.63, 3.8) is 0 Å². The van der Waals surface area contributed by atoms with Gasteiger partial charge in [0, 0.05) is 31.4 Å². The number of nitrogens with zero attached hydrogens (tertiary/aromatic N) is 2. The summed E-state index contributed by atoms with van der Waals surface area (Å²) in [7, 11) is 5.41. The van der Waals surface area contributed by atoms with Crippen LogP contribution < -0.4 is 0 Å². The number of rotatable bonds is 6. The quantitative estimate of drug-likeness (QED) is 0.346. The highest BCUT2D eigenvalue weighted by Gasteiger charge is 2.53. The molecule has 4 rings (SSSR count). The van der Waals surface area contributed by atoms with Gasteiger partial charge < -0.3 is 53.4 Å². The number of hydrogen-bond donors (Lipinski definition) is 3. The predicted molar refractivity (Wildman–Crippen MR) is 186 cm³/mol. The molecule has 4 aliphatic heterocycles. The van der Waals surface area contributed by atoms with E-state index >= 15 is 0 Å². The predicted octanol–water partition coefficient (Wildman–Crippen LogP) is 3.29. The third-order valence-electron chi connectivity index (χ3n) is 11.9. The van der Waals surface area contributed by atoms with Crippen molar-refractivity contribution in [1.29, 1.82) is 0 Å². The molecule has 2 bridgehead atoms. The van der Waals surface area contributed by atoms with E-state index in [9.17, 15) is 20.1 Å². The molecule has 4 heterocycles. The summed E-state index contributed by atoms with van der Waals surface area (Å²) in [5.41, 5.74) is -3.12. The Morgan fingerprint density at radius 1 is 0.920 bits per heavy atom. The van der Waals surface area contributed by atoms with Crippen LogP contribution in [-0.4, -0.2) is 138 Å². The van der Waals surface area contributed by atoms with Crippen LogP contribution in [0.2, 0.25) is 0 Å². The second-order valence-electron chi connectivity index (χ2n) is 17.0. The molecular weight excluding hydrogens is 648 g/mol. The molecule has 17 atom stereocenters. The van der Waals surface area contributed by atoms with Crippen LogP contribution in [0.1, 0.15) is 95.4 Å². The summed E-state index contributed by atoms with van der Waals surface area (Å²) in [6.07, 6.45) is -6.11. The fraction of sp³-hybridized carbons (Fsp3) is 0.946. The standard InChI is InChI=1S/C37H66N2O11/c1-18-16-35(8,9)30(50-34-27(40)25(39(12)13)15-19(2)45-34)20(3)28(48-26-17-36(10,44-14)29(41)23(6)46-26)21(4)33(42)47-24(7)37(11,43)31-22(5)38-32(18)49-31/h18-31,34,40-41,43H,15-17H2,1-14H3/t18-,19?,20+,21-,22-,23?,24-,25?,26?,27?,28+,29?,30-,31-,34?,36?,37-/m1/s1. The Balaban J connectivity index is 1.80. The van der Waals surface area contributed by atoms with E-state index in [1.807, 2.05) is 53.6 Å². The Bertz CT molecular complexity index is 1200. The molecule has 0 aliphatic carbocycles. The number of likely N-dealkylation sites (N-methyl/N-ethyl adjacent to an activating group) is 1. The molecule has 0 spiro atoms. The lowest BCUT2D eigenvalue weighted by Crippen LogP contribution is -2.59. The third kappa shape index (κ3) is 8.36. The van der Waals surface area contributed by atoms with Gasteiger partial charge >= 0.3 is 5.97 Å². The highest BCUT2D eigenvalue weighted by Crippen LogP contribution is 2.44. The summed E-state index contributed by atoms with van der Waals surface area (Å²) in [6.45, 7) is 20.6. The number of fused-ring (bicyclic) bond motifs is 2. The van der Waals surface area contributed by atoms with Crippen LogP contribution >= 0.6 is 0 Å². The largest absolute Gasteiger partial charge is 0.472 e. The van der Waals surface area contributed by atoms with E-state index in [1.165, 1.54) is 0 Å². The van der Waals surface area contributed by atoms with Gasteiger partial charge in [0.1, 0.15) is 23.9 Å². The second-order valence-corrected chi connectivity index (χ2v) is 17.0. The lowest BCUT2D eigenvalue weighted by Gasteiger charge is -2.49. The number of aliphatic hydroxyl groups is 3. The molecule has 13 nitrogen and oxygen atoms in total. The number of cyclic esters (lactones) is 1. The molecule has 13 heteroatoms. The minimum Gasteiger partial charge on any atom is -0.472 e. The van der Waals surface area contributed by atoms with Crippen molar-refractivity contribution in [1.82, 2.24) is 4.90 Å². The van der Waals surface area contributed by atoms with Crippen molar-refractivity contribution in [2.45, 2.75) is 180 Å². The van der Waals surface area contributed by atoms with Gasteiger partial charge in [0.15, 0.2) is 24.6 Å². The minimum atomic E-state index is -1.54. The molecule has 0 saturated carbocycles. The highest BCUT2D eigenvalue weighted by molar-refractivity contribution is 5.80. The van der Waals surface area contributed by atoms with Crippen LogP contribution in [0.3, 0.4) is 0 Å². The zero-order chi connectivity index (χ0) is 37.7. The maximum Gasteiger partial charge on any atom is 0.311 e. The van der Waals surface area contributed by atoms with E-state index in [0.717, 1.165) is 0 Å².